The van der Waals surface area contributed by atoms with Gasteiger partial charge in [-0.15, -0.1) is 12.4 Å². The van der Waals surface area contributed by atoms with Gasteiger partial charge in [-0.1, -0.05) is 109 Å². The number of aliphatic carboxylic acids is 1. The maximum absolute atomic E-state index is 10.6. The van der Waals surface area contributed by atoms with E-state index >= 15 is 0 Å². The monoisotopic (exact) mass is 374 g/mol. The van der Waals surface area contributed by atoms with Crippen molar-refractivity contribution < 1.29 is 9.90 Å². The van der Waals surface area contributed by atoms with Crippen molar-refractivity contribution in [3.63, 3.8) is 0 Å². The van der Waals surface area contributed by atoms with Crippen molar-refractivity contribution >= 4 is 18.4 Å². The zero-order chi connectivity index (χ0) is 17.9. The van der Waals surface area contributed by atoms with Crippen LogP contribution in [0.5, 0.6) is 0 Å². The van der Waals surface area contributed by atoms with E-state index in [9.17, 15) is 4.79 Å². The van der Waals surface area contributed by atoms with E-state index in [2.05, 4.69) is 6.92 Å². The van der Waals surface area contributed by atoms with Crippen LogP contribution in [0.4, 0.5) is 0 Å². The summed E-state index contributed by atoms with van der Waals surface area (Å²) in [7, 11) is 0. The molecule has 0 heterocycles. The van der Waals surface area contributed by atoms with Crippen LogP contribution in [0.25, 0.3) is 0 Å². The molecular formula is C22H43ClO2. The first-order valence-electron chi connectivity index (χ1n) is 10.6. The fourth-order valence-corrected chi connectivity index (χ4v) is 3.10. The number of halogens is 1. The first-order chi connectivity index (χ1) is 11.7. The molecule has 2 nitrogen and oxygen atoms in total. The van der Waals surface area contributed by atoms with Gasteiger partial charge in [0.2, 0.25) is 0 Å². The van der Waals surface area contributed by atoms with Gasteiger partial charge in [-0.05, 0) is 19.8 Å². The minimum Gasteiger partial charge on any atom is -0.478 e. The lowest BCUT2D eigenvalue weighted by atomic mass is 10.0. The summed E-state index contributed by atoms with van der Waals surface area (Å²) in [5.41, 5.74) is 0.482. The largest absolute Gasteiger partial charge is 0.478 e. The average molecular weight is 375 g/mol. The van der Waals surface area contributed by atoms with Gasteiger partial charge in [-0.2, -0.15) is 0 Å². The zero-order valence-corrected chi connectivity index (χ0v) is 17.7. The van der Waals surface area contributed by atoms with Gasteiger partial charge < -0.3 is 5.11 Å². The molecule has 0 aliphatic heterocycles. The van der Waals surface area contributed by atoms with E-state index < -0.39 is 5.97 Å². The lowest BCUT2D eigenvalue weighted by Gasteiger charge is -2.03. The van der Waals surface area contributed by atoms with Crippen LogP contribution in [0.2, 0.25) is 0 Å². The molecule has 0 radical (unpaired) electrons. The third-order valence-electron chi connectivity index (χ3n) is 4.85. The molecule has 0 aromatic carbocycles. The maximum atomic E-state index is 10.6. The van der Waals surface area contributed by atoms with Gasteiger partial charge in [0.25, 0.3) is 0 Å². The summed E-state index contributed by atoms with van der Waals surface area (Å²) in [5.74, 6) is -0.786. The first-order valence-corrected chi connectivity index (χ1v) is 10.6. The van der Waals surface area contributed by atoms with Gasteiger partial charge in [0.05, 0.1) is 0 Å². The van der Waals surface area contributed by atoms with Crippen LogP contribution >= 0.6 is 12.4 Å². The molecule has 0 amide bonds. The molecule has 1 N–H and O–H groups in total. The second-order valence-electron chi connectivity index (χ2n) is 7.28. The molecule has 0 saturated heterocycles. The summed E-state index contributed by atoms with van der Waals surface area (Å²) in [6, 6.07) is 0. The third-order valence-corrected chi connectivity index (χ3v) is 4.85. The van der Waals surface area contributed by atoms with Gasteiger partial charge in [-0.3, -0.25) is 0 Å². The number of hydrogen-bond donors (Lipinski definition) is 1. The van der Waals surface area contributed by atoms with Gasteiger partial charge in [0.15, 0.2) is 0 Å². The van der Waals surface area contributed by atoms with Gasteiger partial charge in [0, 0.05) is 5.57 Å². The molecule has 0 saturated carbocycles. The molecule has 150 valence electrons. The molecule has 0 aliphatic rings. The Bertz CT molecular complexity index is 313. The quantitative estimate of drug-likeness (QED) is 0.194. The van der Waals surface area contributed by atoms with Crippen molar-refractivity contribution in [3.05, 3.63) is 11.6 Å². The van der Waals surface area contributed by atoms with Crippen LogP contribution in [0.1, 0.15) is 123 Å². The summed E-state index contributed by atoms with van der Waals surface area (Å²) in [5, 5.41) is 8.75. The highest BCUT2D eigenvalue weighted by atomic mass is 35.5. The first kappa shape index (κ1) is 26.7. The number of carboxylic acids is 1. The lowest BCUT2D eigenvalue weighted by Crippen LogP contribution is -1.95. The summed E-state index contributed by atoms with van der Waals surface area (Å²) < 4.78 is 0. The minimum atomic E-state index is -0.786. The Morgan fingerprint density at radius 1 is 0.680 bits per heavy atom. The standard InChI is InChI=1S/C22H42O2.ClH/c1-3-4-5-6-7-8-9-10-11-12-13-14-15-16-17-18-19-20-21(2)22(23)24;/h20H,3-19H2,1-2H3,(H,23,24);1H. The van der Waals surface area contributed by atoms with Crippen molar-refractivity contribution in [2.45, 2.75) is 123 Å². The lowest BCUT2D eigenvalue weighted by molar-refractivity contribution is -0.132. The molecular weight excluding hydrogens is 332 g/mol. The molecule has 3 heteroatoms. The second kappa shape index (κ2) is 21.5. The average Bonchev–Trinajstić information content (AvgIpc) is 2.57. The topological polar surface area (TPSA) is 37.3 Å². The summed E-state index contributed by atoms with van der Waals surface area (Å²) in [6.07, 6.45) is 24.8. The van der Waals surface area contributed by atoms with Crippen molar-refractivity contribution in [2.75, 3.05) is 0 Å². The van der Waals surface area contributed by atoms with Crippen LogP contribution in [0, 0.1) is 0 Å². The fraction of sp³-hybridized carbons (Fsp3) is 0.864. The Balaban J connectivity index is 0. The molecule has 0 atom stereocenters. The van der Waals surface area contributed by atoms with Gasteiger partial charge >= 0.3 is 5.97 Å². The molecule has 0 aromatic rings. The smallest absolute Gasteiger partial charge is 0.330 e. The molecule has 0 aromatic heterocycles. The van der Waals surface area contributed by atoms with Crippen LogP contribution < -0.4 is 0 Å². The molecule has 0 bridgehead atoms. The van der Waals surface area contributed by atoms with Gasteiger partial charge in [0.1, 0.15) is 0 Å². The molecule has 25 heavy (non-hydrogen) atoms. The molecule has 0 spiro atoms. The Labute approximate surface area is 163 Å². The van der Waals surface area contributed by atoms with Crippen molar-refractivity contribution in [3.8, 4) is 0 Å². The van der Waals surface area contributed by atoms with Crippen molar-refractivity contribution in [2.24, 2.45) is 0 Å². The molecule has 0 unspecified atom stereocenters. The number of hydrogen-bond acceptors (Lipinski definition) is 1. The number of rotatable bonds is 18. The third kappa shape index (κ3) is 21.5. The highest BCUT2D eigenvalue weighted by Crippen LogP contribution is 2.14. The van der Waals surface area contributed by atoms with Crippen LogP contribution in [0.15, 0.2) is 11.6 Å². The van der Waals surface area contributed by atoms with E-state index in [1.807, 2.05) is 6.08 Å². The van der Waals surface area contributed by atoms with Crippen molar-refractivity contribution in [1.82, 2.24) is 0 Å². The molecule has 0 rings (SSSR count). The Morgan fingerprint density at radius 3 is 1.32 bits per heavy atom. The maximum Gasteiger partial charge on any atom is 0.330 e. The highest BCUT2D eigenvalue weighted by molar-refractivity contribution is 5.85. The minimum absolute atomic E-state index is 0. The fourth-order valence-electron chi connectivity index (χ4n) is 3.10. The van der Waals surface area contributed by atoms with E-state index in [-0.39, 0.29) is 12.4 Å². The summed E-state index contributed by atoms with van der Waals surface area (Å²) >= 11 is 0. The van der Waals surface area contributed by atoms with Crippen LogP contribution in [-0.2, 0) is 4.79 Å². The number of allylic oxidation sites excluding steroid dienone is 1. The predicted molar refractivity (Wildman–Crippen MR) is 113 cm³/mol. The summed E-state index contributed by atoms with van der Waals surface area (Å²) in [6.45, 7) is 3.95. The second-order valence-corrected chi connectivity index (χ2v) is 7.28. The van der Waals surface area contributed by atoms with Crippen LogP contribution in [-0.4, -0.2) is 11.1 Å². The van der Waals surface area contributed by atoms with E-state index in [0.717, 1.165) is 12.8 Å². The van der Waals surface area contributed by atoms with E-state index in [0.29, 0.717) is 5.57 Å². The van der Waals surface area contributed by atoms with E-state index in [1.54, 1.807) is 6.92 Å². The molecule has 0 aliphatic carbocycles. The zero-order valence-electron chi connectivity index (χ0n) is 16.9. The SMILES string of the molecule is CCCCCCCCCCCCCCCCCCC=C(C)C(=O)O.Cl. The van der Waals surface area contributed by atoms with E-state index in [4.69, 9.17) is 5.11 Å². The van der Waals surface area contributed by atoms with Gasteiger partial charge in [-0.25, -0.2) is 4.79 Å². The number of unbranched alkanes of at least 4 members (excludes halogenated alkanes) is 16. The predicted octanol–water partition coefficient (Wildman–Crippen LogP) is 8.09. The number of carbonyl (C=O) groups is 1. The van der Waals surface area contributed by atoms with E-state index in [1.165, 1.54) is 96.3 Å². The van der Waals surface area contributed by atoms with Crippen LogP contribution in [0.3, 0.4) is 0 Å². The Hall–Kier alpha value is -0.500. The Kier molecular flexibility index (Phi) is 23.0. The number of carboxylic acid groups (broad SMARTS) is 1. The normalized spacial score (nSPS) is 11.4. The Morgan fingerprint density at radius 2 is 1.00 bits per heavy atom. The summed E-state index contributed by atoms with van der Waals surface area (Å²) in [4.78, 5) is 10.6. The van der Waals surface area contributed by atoms with Crippen molar-refractivity contribution in [1.29, 1.82) is 0 Å². The highest BCUT2D eigenvalue weighted by Gasteiger charge is 1.98. The molecule has 0 fully saturated rings.